The standard InChI is InChI=1S/C42H69N5O9/c1-13-53-15-16-54-32(48)43-30-19-38(6,7)24-41(11,21-30)27-46-34(50)45(26-40(10)18-29(3)17-37(4,5)23-40)35(51)47(36(46)52)28-42(12)22-31(20-39(8,9)25-42)44-33(49)56-55-14-2/h13-14,29-31H,1-2,15-28H2,3-12H3,(H,43,48)(H,44,49). The van der Waals surface area contributed by atoms with Gasteiger partial charge in [0, 0.05) is 31.7 Å². The van der Waals surface area contributed by atoms with Gasteiger partial charge in [-0.3, -0.25) is 4.89 Å². The molecule has 3 saturated carbocycles. The van der Waals surface area contributed by atoms with E-state index in [1.807, 2.05) is 13.8 Å². The third kappa shape index (κ3) is 11.8. The maximum Gasteiger partial charge on any atom is 0.450 e. The average Bonchev–Trinajstić information content (AvgIpc) is 3.01. The molecule has 3 fully saturated rings. The van der Waals surface area contributed by atoms with Crippen LogP contribution in [0.25, 0.3) is 0 Å². The summed E-state index contributed by atoms with van der Waals surface area (Å²) in [6.45, 7) is 28.8. The number of carbonyl (C=O) groups is 2. The minimum Gasteiger partial charge on any atom is -0.498 e. The van der Waals surface area contributed by atoms with Gasteiger partial charge in [0.2, 0.25) is 0 Å². The Kier molecular flexibility index (Phi) is 13.5. The van der Waals surface area contributed by atoms with E-state index in [0.29, 0.717) is 44.4 Å². The molecule has 3 aliphatic carbocycles. The molecule has 4 rings (SSSR count). The predicted octanol–water partition coefficient (Wildman–Crippen LogP) is 6.88. The van der Waals surface area contributed by atoms with Gasteiger partial charge in [-0.05, 0) is 96.2 Å². The van der Waals surface area contributed by atoms with Crippen molar-refractivity contribution in [1.82, 2.24) is 24.3 Å². The van der Waals surface area contributed by atoms with Crippen molar-refractivity contribution in [2.24, 2.45) is 38.4 Å². The molecule has 6 unspecified atom stereocenters. The summed E-state index contributed by atoms with van der Waals surface area (Å²) in [7, 11) is 0. The van der Waals surface area contributed by atoms with Crippen molar-refractivity contribution in [3.63, 3.8) is 0 Å². The van der Waals surface area contributed by atoms with Gasteiger partial charge in [-0.2, -0.15) is 0 Å². The summed E-state index contributed by atoms with van der Waals surface area (Å²) in [6, 6.07) is -0.603. The Hall–Kier alpha value is -3.97. The number of ether oxygens (including phenoxy) is 2. The zero-order valence-corrected chi connectivity index (χ0v) is 35.7. The SMILES string of the molecule is C=COCCOC(=O)NC1CC(C)(C)CC(C)(Cn2c(=O)n(CC3(C)CC(C)CC(C)(C)C3)c(=O)n(CC3(C)CC(NC(=O)OOC=C)CC(C)(C)C3)c2=O)C1. The maximum atomic E-state index is 14.7. The number of carbonyl (C=O) groups excluding carboxylic acids is 2. The number of hydrogen-bond donors (Lipinski definition) is 2. The normalized spacial score (nSPS) is 30.6. The minimum atomic E-state index is -0.757. The first-order valence-electron chi connectivity index (χ1n) is 20.2. The van der Waals surface area contributed by atoms with Gasteiger partial charge >= 0.3 is 29.3 Å². The molecule has 56 heavy (non-hydrogen) atoms. The van der Waals surface area contributed by atoms with E-state index in [9.17, 15) is 24.0 Å². The Morgan fingerprint density at radius 1 is 0.625 bits per heavy atom. The molecule has 6 atom stereocenters. The lowest BCUT2D eigenvalue weighted by atomic mass is 9.61. The second kappa shape index (κ2) is 16.9. The number of hydrogen-bond acceptors (Lipinski definition) is 9. The molecule has 0 bridgehead atoms. The Bertz CT molecular complexity index is 1790. The molecular weight excluding hydrogens is 718 g/mol. The third-order valence-corrected chi connectivity index (χ3v) is 11.9. The van der Waals surface area contributed by atoms with Crippen molar-refractivity contribution < 1.29 is 28.8 Å². The Morgan fingerprint density at radius 2 is 1.04 bits per heavy atom. The summed E-state index contributed by atoms with van der Waals surface area (Å²) in [5.41, 5.74) is -3.92. The van der Waals surface area contributed by atoms with Crippen LogP contribution < -0.4 is 27.7 Å². The van der Waals surface area contributed by atoms with Gasteiger partial charge in [0.25, 0.3) is 0 Å². The van der Waals surface area contributed by atoms with E-state index in [1.165, 1.54) is 20.0 Å². The molecule has 0 saturated heterocycles. The smallest absolute Gasteiger partial charge is 0.450 e. The van der Waals surface area contributed by atoms with E-state index in [4.69, 9.17) is 14.4 Å². The number of amides is 2. The Morgan fingerprint density at radius 3 is 1.45 bits per heavy atom. The van der Waals surface area contributed by atoms with Crippen molar-refractivity contribution in [3.8, 4) is 0 Å². The van der Waals surface area contributed by atoms with Crippen LogP contribution in [-0.2, 0) is 38.9 Å². The number of aromatic nitrogens is 3. The van der Waals surface area contributed by atoms with Crippen molar-refractivity contribution in [1.29, 1.82) is 0 Å². The van der Waals surface area contributed by atoms with E-state index in [-0.39, 0.29) is 66.6 Å². The Labute approximate surface area is 332 Å². The molecule has 14 heteroatoms. The third-order valence-electron chi connectivity index (χ3n) is 11.9. The van der Waals surface area contributed by atoms with E-state index >= 15 is 0 Å². The van der Waals surface area contributed by atoms with Crippen LogP contribution in [0.1, 0.15) is 127 Å². The van der Waals surface area contributed by atoms with Crippen LogP contribution in [0.3, 0.4) is 0 Å². The number of alkyl carbamates (subject to hydrolysis) is 1. The van der Waals surface area contributed by atoms with Gasteiger partial charge < -0.3 is 20.1 Å². The predicted molar refractivity (Wildman–Crippen MR) is 215 cm³/mol. The van der Waals surface area contributed by atoms with E-state index in [0.717, 1.165) is 25.5 Å². The zero-order chi connectivity index (χ0) is 41.9. The lowest BCUT2D eigenvalue weighted by Crippen LogP contribution is -2.60. The highest BCUT2D eigenvalue weighted by Gasteiger charge is 2.46. The van der Waals surface area contributed by atoms with Crippen LogP contribution >= 0.6 is 0 Å². The summed E-state index contributed by atoms with van der Waals surface area (Å²) in [5, 5.41) is 5.87. The maximum absolute atomic E-state index is 14.7. The van der Waals surface area contributed by atoms with Crippen LogP contribution in [0.15, 0.2) is 40.1 Å². The molecule has 1 aromatic rings. The summed E-state index contributed by atoms with van der Waals surface area (Å²) in [5.74, 6) is 0.401. The lowest BCUT2D eigenvalue weighted by molar-refractivity contribution is -0.187. The molecular formula is C42H69N5O9. The molecule has 14 nitrogen and oxygen atoms in total. The number of rotatable bonds is 14. The lowest BCUT2D eigenvalue weighted by Gasteiger charge is -2.47. The van der Waals surface area contributed by atoms with Gasteiger partial charge in [-0.15, -0.1) is 0 Å². The van der Waals surface area contributed by atoms with Crippen LogP contribution in [0, 0.1) is 38.4 Å². The van der Waals surface area contributed by atoms with Crippen molar-refractivity contribution in [2.75, 3.05) is 13.2 Å². The highest BCUT2D eigenvalue weighted by molar-refractivity contribution is 5.67. The average molecular weight is 788 g/mol. The number of nitrogens with one attached hydrogen (secondary N) is 2. The second-order valence-corrected chi connectivity index (χ2v) is 20.9. The second-order valence-electron chi connectivity index (χ2n) is 20.9. The molecule has 316 valence electrons. The Balaban J connectivity index is 1.76. The van der Waals surface area contributed by atoms with Gasteiger partial charge in [0.1, 0.15) is 19.5 Å². The fraction of sp³-hybridized carbons (Fsp3) is 0.786. The van der Waals surface area contributed by atoms with Crippen LogP contribution in [0.2, 0.25) is 0 Å². The fourth-order valence-electron chi connectivity index (χ4n) is 12.0. The highest BCUT2D eigenvalue weighted by atomic mass is 17.2. The molecule has 2 amide bonds. The van der Waals surface area contributed by atoms with Crippen LogP contribution in [-0.4, -0.2) is 51.2 Å². The number of nitrogens with zero attached hydrogens (tertiary/aromatic N) is 3. The molecule has 1 heterocycles. The van der Waals surface area contributed by atoms with Gasteiger partial charge in [-0.25, -0.2) is 42.6 Å². The first-order valence-corrected chi connectivity index (χ1v) is 20.2. The topological polar surface area (TPSA) is 161 Å². The fourth-order valence-corrected chi connectivity index (χ4v) is 12.0. The van der Waals surface area contributed by atoms with Gasteiger partial charge in [0.05, 0.1) is 6.26 Å². The van der Waals surface area contributed by atoms with Crippen molar-refractivity contribution >= 4 is 12.2 Å². The molecule has 1 aromatic heterocycles. The van der Waals surface area contributed by atoms with Crippen LogP contribution in [0.4, 0.5) is 9.59 Å². The van der Waals surface area contributed by atoms with Crippen LogP contribution in [0.5, 0.6) is 0 Å². The largest absolute Gasteiger partial charge is 0.498 e. The molecule has 0 aromatic carbocycles. The highest BCUT2D eigenvalue weighted by Crippen LogP contribution is 2.50. The quantitative estimate of drug-likeness (QED) is 0.0887. The first-order chi connectivity index (χ1) is 25.8. The summed E-state index contributed by atoms with van der Waals surface area (Å²) in [6.07, 6.45) is 7.34. The molecule has 3 aliphatic rings. The summed E-state index contributed by atoms with van der Waals surface area (Å²) >= 11 is 0. The monoisotopic (exact) mass is 788 g/mol. The van der Waals surface area contributed by atoms with E-state index in [1.54, 1.807) is 0 Å². The first kappa shape index (κ1) is 44.7. The van der Waals surface area contributed by atoms with Gasteiger partial charge in [-0.1, -0.05) is 82.4 Å². The van der Waals surface area contributed by atoms with E-state index in [2.05, 4.69) is 84.1 Å². The molecule has 0 aliphatic heterocycles. The molecule has 0 spiro atoms. The van der Waals surface area contributed by atoms with E-state index < -0.39 is 40.1 Å². The molecule has 0 radical (unpaired) electrons. The zero-order valence-electron chi connectivity index (χ0n) is 35.7. The summed E-state index contributed by atoms with van der Waals surface area (Å²) < 4.78 is 14.2. The minimum absolute atomic E-state index is 0.0213. The summed E-state index contributed by atoms with van der Waals surface area (Å²) in [4.78, 5) is 78.7. The molecule has 2 N–H and O–H groups in total. The van der Waals surface area contributed by atoms with Crippen molar-refractivity contribution in [2.45, 2.75) is 159 Å². The van der Waals surface area contributed by atoms with Gasteiger partial charge in [0.15, 0.2) is 0 Å². The van der Waals surface area contributed by atoms with Crippen molar-refractivity contribution in [3.05, 3.63) is 57.1 Å².